The molecule has 0 fully saturated rings. The molecule has 0 aliphatic carbocycles. The highest BCUT2D eigenvalue weighted by molar-refractivity contribution is 9.10. The summed E-state index contributed by atoms with van der Waals surface area (Å²) in [5.41, 5.74) is 0. The van der Waals surface area contributed by atoms with Crippen molar-refractivity contribution >= 4 is 56.3 Å². The Morgan fingerprint density at radius 1 is 1.41 bits per heavy atom. The van der Waals surface area contributed by atoms with Crippen LogP contribution in [0.5, 0.6) is 0 Å². The number of alkyl halides is 3. The zero-order valence-electron chi connectivity index (χ0n) is 8.69. The Kier molecular flexibility index (Phi) is 3.97. The zero-order chi connectivity index (χ0) is 12.5. The fourth-order valence-electron chi connectivity index (χ4n) is 1.18. The number of hydrogen-bond donors (Lipinski definition) is 0. The molecule has 1 aromatic carbocycles. The van der Waals surface area contributed by atoms with Crippen LogP contribution in [-0.4, -0.2) is 20.6 Å². The first-order valence-corrected chi connectivity index (χ1v) is 7.82. The van der Waals surface area contributed by atoms with Crippen LogP contribution in [0, 0.1) is 0 Å². The van der Waals surface area contributed by atoms with Crippen molar-refractivity contribution in [3.8, 4) is 0 Å². The Balaban J connectivity index is 2.18. The van der Waals surface area contributed by atoms with Crippen LogP contribution in [0.4, 0.5) is 4.39 Å². The number of ether oxygens (including phenoxy) is 1. The Morgan fingerprint density at radius 2 is 2.06 bits per heavy atom. The van der Waals surface area contributed by atoms with E-state index in [1.807, 2.05) is 30.3 Å². The monoisotopic (exact) mass is 355 g/mol. The van der Waals surface area contributed by atoms with Crippen molar-refractivity contribution in [2.75, 3.05) is 6.26 Å². The van der Waals surface area contributed by atoms with Crippen LogP contribution in [0.3, 0.4) is 0 Å². The molecular weight excluding hydrogens is 349 g/mol. The summed E-state index contributed by atoms with van der Waals surface area (Å²) in [5, 5.41) is -1.81. The van der Waals surface area contributed by atoms with Crippen molar-refractivity contribution in [3.63, 3.8) is 0 Å². The van der Waals surface area contributed by atoms with E-state index in [0.717, 1.165) is 16.7 Å². The highest BCUT2D eigenvalue weighted by atomic mass is 79.9. The smallest absolute Gasteiger partial charge is 0.315 e. The van der Waals surface area contributed by atoms with E-state index in [9.17, 15) is 4.39 Å². The van der Waals surface area contributed by atoms with E-state index in [1.54, 1.807) is 6.26 Å². The summed E-state index contributed by atoms with van der Waals surface area (Å²) >= 11 is 11.0. The number of nitrogens with zero attached hydrogens (tertiary/aromatic N) is 1. The summed E-state index contributed by atoms with van der Waals surface area (Å²) in [6.07, 6.45) is 1.58. The van der Waals surface area contributed by atoms with Crippen molar-refractivity contribution in [2.45, 2.75) is 14.0 Å². The van der Waals surface area contributed by atoms with E-state index < -0.39 is 9.09 Å². The highest BCUT2D eigenvalue weighted by Gasteiger charge is 2.58. The molecule has 1 heterocycles. The Hall–Kier alpha value is 0.0900. The third-order valence-electron chi connectivity index (χ3n) is 2.03. The van der Waals surface area contributed by atoms with Gasteiger partial charge in [-0.3, -0.25) is 0 Å². The molecule has 2 unspecified atom stereocenters. The van der Waals surface area contributed by atoms with E-state index in [4.69, 9.17) is 16.3 Å². The molecule has 0 amide bonds. The van der Waals surface area contributed by atoms with Crippen LogP contribution in [0.15, 0.2) is 40.2 Å². The van der Waals surface area contributed by atoms with Gasteiger partial charge in [0.1, 0.15) is 0 Å². The molecule has 2 rings (SSSR count). The van der Waals surface area contributed by atoms with Gasteiger partial charge in [-0.25, -0.2) is 0 Å². The van der Waals surface area contributed by atoms with Gasteiger partial charge in [0, 0.05) is 4.90 Å². The summed E-state index contributed by atoms with van der Waals surface area (Å²) in [5.74, 6) is 0. The number of halogens is 3. The molecule has 0 bridgehead atoms. The van der Waals surface area contributed by atoms with Gasteiger partial charge in [-0.15, -0.1) is 0 Å². The molecule has 0 spiro atoms. The minimum atomic E-state index is -2.02. The second-order valence-corrected chi connectivity index (χ2v) is 7.26. The van der Waals surface area contributed by atoms with Crippen molar-refractivity contribution in [1.82, 2.24) is 0 Å². The molecule has 1 aliphatic heterocycles. The maximum atomic E-state index is 14.2. The van der Waals surface area contributed by atoms with Crippen LogP contribution in [-0.2, 0) is 4.74 Å². The zero-order valence-corrected chi connectivity index (χ0v) is 12.7. The van der Waals surface area contributed by atoms with E-state index >= 15 is 0 Å². The van der Waals surface area contributed by atoms with Crippen molar-refractivity contribution in [1.29, 1.82) is 0 Å². The van der Waals surface area contributed by atoms with Crippen LogP contribution < -0.4 is 0 Å². The second-order valence-electron chi connectivity index (χ2n) is 3.18. The van der Waals surface area contributed by atoms with Gasteiger partial charge in [-0.05, 0) is 46.1 Å². The minimum Gasteiger partial charge on any atom is -0.433 e. The number of thioether (sulfide) groups is 2. The fourth-order valence-corrected chi connectivity index (χ4v) is 3.75. The normalized spacial score (nSPS) is 32.1. The fraction of sp³-hybridized carbons (Fsp3) is 0.300. The highest BCUT2D eigenvalue weighted by Crippen LogP contribution is 2.52. The molecule has 1 aliphatic rings. The SMILES string of the molecule is CSC1(F)N=C(Sc2ccccc2)OC1(Cl)Br. The summed E-state index contributed by atoms with van der Waals surface area (Å²) in [6.45, 7) is 0. The lowest BCUT2D eigenvalue weighted by molar-refractivity contribution is 0.153. The topological polar surface area (TPSA) is 21.6 Å². The van der Waals surface area contributed by atoms with Gasteiger partial charge in [0.25, 0.3) is 5.23 Å². The summed E-state index contributed by atoms with van der Waals surface area (Å²) in [4.78, 5) is 4.77. The molecule has 0 aromatic heterocycles. The van der Waals surface area contributed by atoms with Gasteiger partial charge in [-0.2, -0.15) is 9.38 Å². The van der Waals surface area contributed by atoms with E-state index in [-0.39, 0.29) is 5.23 Å². The molecule has 2 nitrogen and oxygen atoms in total. The summed E-state index contributed by atoms with van der Waals surface area (Å²) in [7, 11) is 0. The first-order valence-electron chi connectivity index (χ1n) is 4.60. The average molecular weight is 357 g/mol. The summed E-state index contributed by atoms with van der Waals surface area (Å²) < 4.78 is 17.8. The molecule has 92 valence electrons. The van der Waals surface area contributed by atoms with Crippen LogP contribution >= 0.6 is 51.1 Å². The molecule has 0 N–H and O–H groups in total. The predicted octanol–water partition coefficient (Wildman–Crippen LogP) is 4.44. The number of aliphatic imine (C=N–C) groups is 1. The lowest BCUT2D eigenvalue weighted by Crippen LogP contribution is -2.34. The number of rotatable bonds is 2. The largest absolute Gasteiger partial charge is 0.433 e. The molecule has 1 aromatic rings. The third kappa shape index (κ3) is 2.75. The van der Waals surface area contributed by atoms with Crippen LogP contribution in [0.1, 0.15) is 0 Å². The quantitative estimate of drug-likeness (QED) is 0.577. The minimum absolute atomic E-state index is 0.208. The molecular formula is C10H8BrClFNOS2. The Bertz CT molecular complexity index is 445. The van der Waals surface area contributed by atoms with Crippen molar-refractivity contribution in [3.05, 3.63) is 30.3 Å². The number of benzene rings is 1. The second kappa shape index (κ2) is 4.99. The standard InChI is InChI=1S/C10H8BrClFNOS2/c1-16-10(13)9(11,12)15-8(14-10)17-7-5-3-2-4-6-7/h2-6H,1H3. The van der Waals surface area contributed by atoms with Gasteiger partial charge in [0.05, 0.1) is 0 Å². The maximum absolute atomic E-state index is 14.2. The first-order chi connectivity index (χ1) is 7.97. The molecule has 0 radical (unpaired) electrons. The lowest BCUT2D eigenvalue weighted by atomic mass is 10.4. The number of hydrogen-bond acceptors (Lipinski definition) is 4. The molecule has 0 saturated heterocycles. The van der Waals surface area contributed by atoms with E-state index in [2.05, 4.69) is 20.9 Å². The van der Waals surface area contributed by atoms with Gasteiger partial charge < -0.3 is 4.74 Å². The van der Waals surface area contributed by atoms with Gasteiger partial charge in [0.2, 0.25) is 0 Å². The predicted molar refractivity (Wildman–Crippen MR) is 75.7 cm³/mol. The van der Waals surface area contributed by atoms with Crippen molar-refractivity contribution < 1.29 is 9.13 Å². The Morgan fingerprint density at radius 3 is 2.59 bits per heavy atom. The molecule has 7 heteroatoms. The summed E-state index contributed by atoms with van der Waals surface area (Å²) in [6, 6.07) is 9.45. The molecule has 2 atom stereocenters. The van der Waals surface area contributed by atoms with E-state index in [0.29, 0.717) is 0 Å². The van der Waals surface area contributed by atoms with Crippen molar-refractivity contribution in [2.24, 2.45) is 4.99 Å². The average Bonchev–Trinajstić information content (AvgIpc) is 2.51. The molecule has 17 heavy (non-hydrogen) atoms. The van der Waals surface area contributed by atoms with Gasteiger partial charge >= 0.3 is 9.09 Å². The molecule has 0 saturated carbocycles. The van der Waals surface area contributed by atoms with Crippen LogP contribution in [0.2, 0.25) is 0 Å². The van der Waals surface area contributed by atoms with Gasteiger partial charge in [-0.1, -0.05) is 41.6 Å². The first kappa shape index (κ1) is 13.5. The maximum Gasteiger partial charge on any atom is 0.315 e. The lowest BCUT2D eigenvalue weighted by Gasteiger charge is -2.23. The van der Waals surface area contributed by atoms with Crippen LogP contribution in [0.25, 0.3) is 0 Å². The third-order valence-corrected chi connectivity index (χ3v) is 5.19. The van der Waals surface area contributed by atoms with E-state index in [1.165, 1.54) is 11.8 Å². The Labute approximate surface area is 120 Å². The van der Waals surface area contributed by atoms with Gasteiger partial charge in [0.15, 0.2) is 0 Å².